The number of aliphatic hydroxyl groups excluding tert-OH is 1. The Labute approximate surface area is 197 Å². The summed E-state index contributed by atoms with van der Waals surface area (Å²) in [5.41, 5.74) is 11.1. The van der Waals surface area contributed by atoms with Gasteiger partial charge in [0.2, 0.25) is 0 Å². The summed E-state index contributed by atoms with van der Waals surface area (Å²) in [6, 6.07) is 18.1. The number of hydrogen-bond donors (Lipinski definition) is 3. The Bertz CT molecular complexity index is 1190. The lowest BCUT2D eigenvalue weighted by Crippen LogP contribution is -2.04. The normalized spacial score (nSPS) is 12.1. The van der Waals surface area contributed by atoms with E-state index in [0.717, 1.165) is 29.0 Å². The number of benzene rings is 2. The maximum absolute atomic E-state index is 9.09. The minimum Gasteiger partial charge on any atom is -0.396 e. The summed E-state index contributed by atoms with van der Waals surface area (Å²) in [5, 5.41) is 16.8. The molecule has 0 amide bonds. The largest absolute Gasteiger partial charge is 0.396 e. The van der Waals surface area contributed by atoms with E-state index in [2.05, 4.69) is 46.6 Å². The molecule has 2 heterocycles. The summed E-state index contributed by atoms with van der Waals surface area (Å²) in [7, 11) is 1.92. The van der Waals surface area contributed by atoms with Gasteiger partial charge in [-0.1, -0.05) is 48.5 Å². The van der Waals surface area contributed by atoms with Crippen molar-refractivity contribution < 1.29 is 9.63 Å². The third-order valence-electron chi connectivity index (χ3n) is 5.20. The highest BCUT2D eigenvalue weighted by molar-refractivity contribution is 7.99. The van der Waals surface area contributed by atoms with Crippen LogP contribution in [-0.2, 0) is 6.54 Å². The van der Waals surface area contributed by atoms with E-state index in [1.165, 1.54) is 5.56 Å². The third-order valence-corrected chi connectivity index (χ3v) is 6.38. The fourth-order valence-corrected chi connectivity index (χ4v) is 4.40. The molecule has 8 heteroatoms. The molecule has 0 saturated heterocycles. The molecule has 1 unspecified atom stereocenters. The van der Waals surface area contributed by atoms with Gasteiger partial charge in [0.15, 0.2) is 17.3 Å². The molecule has 2 aromatic heterocycles. The zero-order valence-corrected chi connectivity index (χ0v) is 19.5. The van der Waals surface area contributed by atoms with Crippen LogP contribution in [0.4, 0.5) is 5.82 Å². The van der Waals surface area contributed by atoms with Crippen molar-refractivity contribution in [3.63, 3.8) is 0 Å². The van der Waals surface area contributed by atoms with Gasteiger partial charge in [-0.25, -0.2) is 9.97 Å². The lowest BCUT2D eigenvalue weighted by molar-refractivity contribution is 0.289. The highest BCUT2D eigenvalue weighted by Crippen LogP contribution is 2.31. The van der Waals surface area contributed by atoms with Crippen molar-refractivity contribution in [2.75, 3.05) is 19.4 Å². The number of nitrogens with zero attached hydrogens (tertiary/aromatic N) is 3. The van der Waals surface area contributed by atoms with Crippen molar-refractivity contribution in [3.8, 4) is 34.0 Å². The number of anilines is 1. The van der Waals surface area contributed by atoms with Crippen LogP contribution in [0.1, 0.15) is 18.9 Å². The molecule has 0 radical (unpaired) electrons. The Balaban J connectivity index is 1.55. The number of aromatic nitrogens is 3. The first-order chi connectivity index (χ1) is 16.1. The highest BCUT2D eigenvalue weighted by Gasteiger charge is 2.15. The van der Waals surface area contributed by atoms with Crippen molar-refractivity contribution in [1.29, 1.82) is 0 Å². The molecule has 0 spiro atoms. The van der Waals surface area contributed by atoms with Gasteiger partial charge in [-0.3, -0.25) is 0 Å². The molecule has 7 nitrogen and oxygen atoms in total. The zero-order chi connectivity index (χ0) is 23.2. The Morgan fingerprint density at radius 3 is 2.45 bits per heavy atom. The number of thioether (sulfide) groups is 1. The second-order valence-corrected chi connectivity index (χ2v) is 9.27. The molecule has 170 valence electrons. The first-order valence-electron chi connectivity index (χ1n) is 10.8. The third kappa shape index (κ3) is 5.60. The van der Waals surface area contributed by atoms with Gasteiger partial charge in [0, 0.05) is 40.5 Å². The second kappa shape index (κ2) is 10.6. The van der Waals surface area contributed by atoms with E-state index in [1.807, 2.05) is 37.4 Å². The Hall–Kier alpha value is -3.20. The number of nitrogens with one attached hydrogen (secondary N) is 1. The van der Waals surface area contributed by atoms with E-state index in [9.17, 15) is 0 Å². The molecule has 0 aliphatic rings. The summed E-state index contributed by atoms with van der Waals surface area (Å²) in [6.07, 6.45) is 2.42. The molecule has 0 fully saturated rings. The maximum Gasteiger partial charge on any atom is 0.189 e. The van der Waals surface area contributed by atoms with E-state index in [4.69, 9.17) is 20.3 Å². The van der Waals surface area contributed by atoms with Crippen molar-refractivity contribution in [3.05, 3.63) is 66.4 Å². The molecule has 0 saturated carbocycles. The van der Waals surface area contributed by atoms with Crippen LogP contribution in [0.25, 0.3) is 34.0 Å². The molecular weight excluding hydrogens is 434 g/mol. The Morgan fingerprint density at radius 1 is 1.06 bits per heavy atom. The average Bonchev–Trinajstić information content (AvgIpc) is 3.31. The van der Waals surface area contributed by atoms with Gasteiger partial charge >= 0.3 is 0 Å². The quantitative estimate of drug-likeness (QED) is 0.310. The Kier molecular flexibility index (Phi) is 7.39. The van der Waals surface area contributed by atoms with Crippen LogP contribution >= 0.6 is 11.8 Å². The van der Waals surface area contributed by atoms with Crippen molar-refractivity contribution in [2.24, 2.45) is 0 Å². The van der Waals surface area contributed by atoms with Crippen molar-refractivity contribution in [2.45, 2.75) is 30.0 Å². The molecule has 4 rings (SSSR count). The van der Waals surface area contributed by atoms with Crippen LogP contribution in [0.5, 0.6) is 0 Å². The summed E-state index contributed by atoms with van der Waals surface area (Å²) in [6.45, 7) is 3.11. The van der Waals surface area contributed by atoms with Gasteiger partial charge in [-0.2, -0.15) is 0 Å². The van der Waals surface area contributed by atoms with Crippen molar-refractivity contribution >= 4 is 17.6 Å². The number of nitrogen functional groups attached to an aromatic ring is 1. The monoisotopic (exact) mass is 461 g/mol. The number of hydrogen-bond acceptors (Lipinski definition) is 8. The molecule has 0 bridgehead atoms. The standard InChI is InChI=1S/C25H27N5O2S/c1-16(11-12-31)33-20-9-7-19(8-10-20)22-15-28-25(26)24(29-22)23-13-21(30-32-23)18-5-3-17(4-6-18)14-27-2/h3-10,13,15-16,27,31H,11-12,14H2,1-2H3,(H2,26,28). The minimum atomic E-state index is 0.195. The molecular formula is C25H27N5O2S. The van der Waals surface area contributed by atoms with Gasteiger partial charge in [0.25, 0.3) is 0 Å². The predicted octanol–water partition coefficient (Wildman–Crippen LogP) is 4.63. The molecule has 4 N–H and O–H groups in total. The first-order valence-corrected chi connectivity index (χ1v) is 11.7. The van der Waals surface area contributed by atoms with Gasteiger partial charge in [-0.05, 0) is 31.2 Å². The molecule has 0 aliphatic carbocycles. The number of aliphatic hydroxyl groups is 1. The lowest BCUT2D eigenvalue weighted by atomic mass is 10.1. The highest BCUT2D eigenvalue weighted by atomic mass is 32.2. The predicted molar refractivity (Wildman–Crippen MR) is 133 cm³/mol. The molecule has 33 heavy (non-hydrogen) atoms. The SMILES string of the molecule is CNCc1ccc(-c2cc(-c3nc(-c4ccc(SC(C)CCO)cc4)cnc3N)on2)cc1. The first kappa shape index (κ1) is 23.0. The second-order valence-electron chi connectivity index (χ2n) is 7.76. The van der Waals surface area contributed by atoms with Crippen LogP contribution in [0.3, 0.4) is 0 Å². The van der Waals surface area contributed by atoms with Crippen LogP contribution in [0.2, 0.25) is 0 Å². The van der Waals surface area contributed by atoms with Crippen LogP contribution in [0, 0.1) is 0 Å². The lowest BCUT2D eigenvalue weighted by Gasteiger charge is -2.10. The minimum absolute atomic E-state index is 0.195. The van der Waals surface area contributed by atoms with Gasteiger partial charge in [0.05, 0.1) is 11.9 Å². The molecule has 2 aromatic carbocycles. The average molecular weight is 462 g/mol. The Morgan fingerprint density at radius 2 is 1.76 bits per heavy atom. The summed E-state index contributed by atoms with van der Waals surface area (Å²) in [4.78, 5) is 10.2. The topological polar surface area (TPSA) is 110 Å². The van der Waals surface area contributed by atoms with Gasteiger partial charge < -0.3 is 20.7 Å². The smallest absolute Gasteiger partial charge is 0.189 e. The molecule has 4 aromatic rings. The van der Waals surface area contributed by atoms with Crippen LogP contribution in [-0.4, -0.2) is 39.1 Å². The fraction of sp³-hybridized carbons (Fsp3) is 0.240. The number of rotatable bonds is 9. The zero-order valence-electron chi connectivity index (χ0n) is 18.7. The summed E-state index contributed by atoms with van der Waals surface area (Å²) in [5.74, 6) is 0.761. The molecule has 0 aliphatic heterocycles. The number of nitrogens with two attached hydrogens (primary N) is 1. The van der Waals surface area contributed by atoms with Crippen LogP contribution in [0.15, 0.2) is 70.2 Å². The van der Waals surface area contributed by atoms with E-state index >= 15 is 0 Å². The van der Waals surface area contributed by atoms with E-state index in [-0.39, 0.29) is 12.4 Å². The molecule has 1 atom stereocenters. The summed E-state index contributed by atoms with van der Waals surface area (Å²) >= 11 is 1.74. The van der Waals surface area contributed by atoms with Crippen LogP contribution < -0.4 is 11.1 Å². The maximum atomic E-state index is 9.09. The summed E-state index contributed by atoms with van der Waals surface area (Å²) < 4.78 is 5.57. The van der Waals surface area contributed by atoms with Gasteiger partial charge in [-0.15, -0.1) is 11.8 Å². The van der Waals surface area contributed by atoms with E-state index in [0.29, 0.717) is 28.1 Å². The van der Waals surface area contributed by atoms with Gasteiger partial charge in [0.1, 0.15) is 5.69 Å². The van der Waals surface area contributed by atoms with E-state index in [1.54, 1.807) is 18.0 Å². The van der Waals surface area contributed by atoms with Crippen molar-refractivity contribution in [1.82, 2.24) is 20.4 Å². The fourth-order valence-electron chi connectivity index (χ4n) is 3.42. The van der Waals surface area contributed by atoms with E-state index < -0.39 is 0 Å².